The molecule has 120 valence electrons. The summed E-state index contributed by atoms with van der Waals surface area (Å²) in [6.07, 6.45) is 0.425. The first-order chi connectivity index (χ1) is 9.75. The summed E-state index contributed by atoms with van der Waals surface area (Å²) >= 11 is 0. The van der Waals surface area contributed by atoms with Crippen LogP contribution in [0.15, 0.2) is 0 Å². The van der Waals surface area contributed by atoms with Crippen molar-refractivity contribution in [1.29, 1.82) is 0 Å². The Labute approximate surface area is 125 Å². The summed E-state index contributed by atoms with van der Waals surface area (Å²) in [7, 11) is 0. The van der Waals surface area contributed by atoms with Crippen molar-refractivity contribution in [3.8, 4) is 0 Å². The number of urea groups is 1. The van der Waals surface area contributed by atoms with Crippen molar-refractivity contribution in [2.75, 3.05) is 26.2 Å². The third kappa shape index (κ3) is 3.86. The number of rotatable bonds is 5. The average molecular weight is 299 g/mol. The second kappa shape index (κ2) is 6.78. The number of likely N-dealkylation sites (N-methyl/N-ethyl adjacent to an activating group) is 1. The summed E-state index contributed by atoms with van der Waals surface area (Å²) in [5.74, 6) is -1.03. The number of nitrogens with zero attached hydrogens (tertiary/aromatic N) is 2. The molecule has 1 heterocycles. The zero-order chi connectivity index (χ0) is 16.2. The topological polar surface area (TPSA) is 90.0 Å². The normalized spacial score (nSPS) is 22.8. The summed E-state index contributed by atoms with van der Waals surface area (Å²) in [5.41, 5.74) is -0.899. The molecule has 0 bridgehead atoms. The number of carbonyl (C=O) groups excluding carboxylic acids is 2. The molecule has 1 rings (SSSR count). The Morgan fingerprint density at radius 2 is 1.90 bits per heavy atom. The maximum absolute atomic E-state index is 12.1. The number of aliphatic carboxylic acids is 1. The second-order valence-corrected chi connectivity index (χ2v) is 5.72. The van der Waals surface area contributed by atoms with Crippen LogP contribution in [0.25, 0.3) is 0 Å². The van der Waals surface area contributed by atoms with Gasteiger partial charge in [-0.15, -0.1) is 0 Å². The van der Waals surface area contributed by atoms with E-state index in [-0.39, 0.29) is 18.5 Å². The van der Waals surface area contributed by atoms with Gasteiger partial charge in [-0.2, -0.15) is 0 Å². The van der Waals surface area contributed by atoms with Crippen molar-refractivity contribution in [3.05, 3.63) is 0 Å². The number of nitrogens with one attached hydrogen (secondary N) is 1. The van der Waals surface area contributed by atoms with Gasteiger partial charge in [0.25, 0.3) is 0 Å². The monoisotopic (exact) mass is 299 g/mol. The number of amides is 3. The van der Waals surface area contributed by atoms with E-state index in [9.17, 15) is 14.4 Å². The minimum Gasteiger partial charge on any atom is -0.481 e. The zero-order valence-electron chi connectivity index (χ0n) is 13.2. The Bertz CT molecular complexity index is 422. The fourth-order valence-electron chi connectivity index (χ4n) is 2.46. The molecule has 0 aliphatic carbocycles. The Morgan fingerprint density at radius 3 is 2.33 bits per heavy atom. The molecule has 7 heteroatoms. The first-order valence-corrected chi connectivity index (χ1v) is 7.32. The van der Waals surface area contributed by atoms with E-state index in [1.165, 1.54) is 4.90 Å². The number of carboxylic acids is 1. The van der Waals surface area contributed by atoms with Gasteiger partial charge in [0.2, 0.25) is 5.91 Å². The molecule has 7 nitrogen and oxygen atoms in total. The van der Waals surface area contributed by atoms with E-state index in [2.05, 4.69) is 5.32 Å². The van der Waals surface area contributed by atoms with Gasteiger partial charge in [0.1, 0.15) is 6.04 Å². The van der Waals surface area contributed by atoms with Crippen molar-refractivity contribution in [1.82, 2.24) is 15.1 Å². The van der Waals surface area contributed by atoms with Crippen LogP contribution >= 0.6 is 0 Å². The van der Waals surface area contributed by atoms with Gasteiger partial charge in [-0.3, -0.25) is 9.59 Å². The first kappa shape index (κ1) is 17.3. The van der Waals surface area contributed by atoms with Crippen molar-refractivity contribution in [3.63, 3.8) is 0 Å². The zero-order valence-corrected chi connectivity index (χ0v) is 13.2. The molecule has 1 aliphatic rings. The Balaban J connectivity index is 2.58. The number of carbonyl (C=O) groups is 3. The van der Waals surface area contributed by atoms with Crippen LogP contribution in [-0.4, -0.2) is 65.0 Å². The highest BCUT2D eigenvalue weighted by Gasteiger charge is 2.42. The number of carboxylic acid groups (broad SMARTS) is 1. The van der Waals surface area contributed by atoms with Crippen molar-refractivity contribution >= 4 is 17.9 Å². The molecule has 0 spiro atoms. The van der Waals surface area contributed by atoms with Gasteiger partial charge < -0.3 is 20.2 Å². The lowest BCUT2D eigenvalue weighted by Crippen LogP contribution is -2.51. The lowest BCUT2D eigenvalue weighted by molar-refractivity contribution is -0.147. The standard InChI is InChI=1S/C14H25N3O4/c1-5-16(6-2)11(18)10(3)15-13(21)17-8-7-14(4,9-17)12(19)20/h10H,5-9H2,1-4H3,(H,15,21)(H,19,20). The molecule has 0 aromatic rings. The van der Waals surface area contributed by atoms with E-state index < -0.39 is 17.4 Å². The third-order valence-electron chi connectivity index (χ3n) is 4.06. The van der Waals surface area contributed by atoms with Gasteiger partial charge in [0.05, 0.1) is 5.41 Å². The Morgan fingerprint density at radius 1 is 1.33 bits per heavy atom. The van der Waals surface area contributed by atoms with Crippen LogP contribution in [0, 0.1) is 5.41 Å². The molecule has 1 aliphatic heterocycles. The fraction of sp³-hybridized carbons (Fsp3) is 0.786. The van der Waals surface area contributed by atoms with Gasteiger partial charge in [-0.1, -0.05) is 0 Å². The number of likely N-dealkylation sites (tertiary alicyclic amines) is 1. The summed E-state index contributed by atoms with van der Waals surface area (Å²) in [5, 5.41) is 11.8. The molecule has 2 unspecified atom stereocenters. The molecular formula is C14H25N3O4. The molecule has 21 heavy (non-hydrogen) atoms. The molecule has 0 radical (unpaired) electrons. The first-order valence-electron chi connectivity index (χ1n) is 7.32. The molecule has 0 saturated carbocycles. The second-order valence-electron chi connectivity index (χ2n) is 5.72. The Hall–Kier alpha value is -1.79. The van der Waals surface area contributed by atoms with E-state index in [0.29, 0.717) is 26.1 Å². The van der Waals surface area contributed by atoms with Crippen molar-refractivity contribution < 1.29 is 19.5 Å². The van der Waals surface area contributed by atoms with Crippen LogP contribution in [0.4, 0.5) is 4.79 Å². The summed E-state index contributed by atoms with van der Waals surface area (Å²) in [6, 6.07) is -0.998. The highest BCUT2D eigenvalue weighted by molar-refractivity contribution is 5.87. The van der Waals surface area contributed by atoms with Gasteiger partial charge >= 0.3 is 12.0 Å². The smallest absolute Gasteiger partial charge is 0.318 e. The predicted molar refractivity (Wildman–Crippen MR) is 77.9 cm³/mol. The predicted octanol–water partition coefficient (Wildman–Crippen LogP) is 0.750. The quantitative estimate of drug-likeness (QED) is 0.784. The lowest BCUT2D eigenvalue weighted by atomic mass is 9.90. The number of hydrogen-bond donors (Lipinski definition) is 2. The highest BCUT2D eigenvalue weighted by atomic mass is 16.4. The Kier molecular flexibility index (Phi) is 5.57. The van der Waals surface area contributed by atoms with E-state index in [1.54, 1.807) is 18.7 Å². The number of hydrogen-bond acceptors (Lipinski definition) is 3. The molecule has 1 fully saturated rings. The van der Waals surface area contributed by atoms with Crippen LogP contribution < -0.4 is 5.32 Å². The molecule has 2 atom stereocenters. The molecule has 0 aromatic carbocycles. The van der Waals surface area contributed by atoms with Gasteiger partial charge in [0, 0.05) is 26.2 Å². The van der Waals surface area contributed by atoms with E-state index in [0.717, 1.165) is 0 Å². The minimum absolute atomic E-state index is 0.131. The van der Waals surface area contributed by atoms with E-state index in [4.69, 9.17) is 5.11 Å². The highest BCUT2D eigenvalue weighted by Crippen LogP contribution is 2.29. The van der Waals surface area contributed by atoms with Crippen molar-refractivity contribution in [2.24, 2.45) is 5.41 Å². The molecule has 2 N–H and O–H groups in total. The lowest BCUT2D eigenvalue weighted by Gasteiger charge is -2.26. The SMILES string of the molecule is CCN(CC)C(=O)C(C)NC(=O)N1CCC(C)(C(=O)O)C1. The van der Waals surface area contributed by atoms with Crippen LogP contribution in [0.2, 0.25) is 0 Å². The summed E-state index contributed by atoms with van der Waals surface area (Å²) in [4.78, 5) is 38.5. The maximum Gasteiger partial charge on any atom is 0.318 e. The van der Waals surface area contributed by atoms with Gasteiger partial charge in [0.15, 0.2) is 0 Å². The maximum atomic E-state index is 12.1. The largest absolute Gasteiger partial charge is 0.481 e. The van der Waals surface area contributed by atoms with Crippen LogP contribution in [0.3, 0.4) is 0 Å². The summed E-state index contributed by atoms with van der Waals surface area (Å²) in [6.45, 7) is 8.79. The van der Waals surface area contributed by atoms with Crippen molar-refractivity contribution in [2.45, 2.75) is 40.2 Å². The molecular weight excluding hydrogens is 274 g/mol. The molecule has 1 saturated heterocycles. The summed E-state index contributed by atoms with van der Waals surface area (Å²) < 4.78 is 0. The molecule has 3 amide bonds. The van der Waals surface area contributed by atoms with Crippen LogP contribution in [0.1, 0.15) is 34.1 Å². The third-order valence-corrected chi connectivity index (χ3v) is 4.06. The van der Waals surface area contributed by atoms with E-state index in [1.807, 2.05) is 13.8 Å². The minimum atomic E-state index is -0.899. The fourth-order valence-corrected chi connectivity index (χ4v) is 2.46. The van der Waals surface area contributed by atoms with Crippen LogP contribution in [0.5, 0.6) is 0 Å². The van der Waals surface area contributed by atoms with Crippen LogP contribution in [-0.2, 0) is 9.59 Å². The van der Waals surface area contributed by atoms with Gasteiger partial charge in [-0.05, 0) is 34.1 Å². The van der Waals surface area contributed by atoms with E-state index >= 15 is 0 Å². The average Bonchev–Trinajstić information content (AvgIpc) is 2.84. The van der Waals surface area contributed by atoms with Gasteiger partial charge in [-0.25, -0.2) is 4.79 Å². The molecule has 0 aromatic heterocycles.